The largest absolute Gasteiger partial charge is 0.496 e. The van der Waals surface area contributed by atoms with Gasteiger partial charge in [-0.05, 0) is 12.5 Å². The van der Waals surface area contributed by atoms with Crippen LogP contribution in [0.3, 0.4) is 0 Å². The maximum Gasteiger partial charge on any atom is 0.239 e. The molecule has 24 heavy (non-hydrogen) atoms. The number of hydrogen-bond acceptors (Lipinski definition) is 5. The van der Waals surface area contributed by atoms with Crippen LogP contribution in [0.25, 0.3) is 0 Å². The molecule has 1 rings (SSSR count). The van der Waals surface area contributed by atoms with Gasteiger partial charge in [0.25, 0.3) is 0 Å². The number of carbonyl (C=O) groups excluding carboxylic acids is 2. The number of hydrazine groups is 1. The lowest BCUT2D eigenvalue weighted by Gasteiger charge is -2.20. The minimum Gasteiger partial charge on any atom is -0.496 e. The van der Waals surface area contributed by atoms with E-state index in [2.05, 4.69) is 17.8 Å². The lowest BCUT2D eigenvalue weighted by molar-refractivity contribution is -0.154. The van der Waals surface area contributed by atoms with E-state index < -0.39 is 5.92 Å². The topological polar surface area (TPSA) is 90.9 Å². The Balaban J connectivity index is 2.52. The van der Waals surface area contributed by atoms with Gasteiger partial charge in [-0.1, -0.05) is 44.4 Å². The summed E-state index contributed by atoms with van der Waals surface area (Å²) in [6, 6.07) is 7.52. The lowest BCUT2D eigenvalue weighted by atomic mass is 10.0. The molecule has 0 aromatic heterocycles. The van der Waals surface area contributed by atoms with Crippen molar-refractivity contribution in [2.75, 3.05) is 13.7 Å². The standard InChI is InChI=1S/C17H27N3O4/c1-3-4-5-9-15(12-20(23)13-21)17(22)19-18-11-14-8-6-7-10-16(14)24-2/h6-8,10,13,15,18,23H,3-5,9,11-12H2,1-2H3,(H,19,22)/t15-/m0/s1. The number of unbranched alkanes of at least 4 members (excludes halogenated alkanes) is 2. The van der Waals surface area contributed by atoms with Gasteiger partial charge in [-0.15, -0.1) is 0 Å². The zero-order valence-electron chi connectivity index (χ0n) is 14.3. The lowest BCUT2D eigenvalue weighted by Crippen LogP contribution is -2.44. The van der Waals surface area contributed by atoms with E-state index in [1.807, 2.05) is 24.3 Å². The first-order chi connectivity index (χ1) is 11.6. The Morgan fingerprint density at radius 2 is 2.12 bits per heavy atom. The summed E-state index contributed by atoms with van der Waals surface area (Å²) in [4.78, 5) is 22.9. The smallest absolute Gasteiger partial charge is 0.239 e. The van der Waals surface area contributed by atoms with Crippen LogP contribution in [-0.2, 0) is 16.1 Å². The molecule has 2 amide bonds. The van der Waals surface area contributed by atoms with Crippen LogP contribution in [0.2, 0.25) is 0 Å². The molecule has 0 aliphatic carbocycles. The molecule has 1 aromatic rings. The van der Waals surface area contributed by atoms with Crippen molar-refractivity contribution in [1.82, 2.24) is 15.9 Å². The molecule has 0 aliphatic heterocycles. The number of hydrogen-bond donors (Lipinski definition) is 3. The van der Waals surface area contributed by atoms with Crippen LogP contribution < -0.4 is 15.6 Å². The molecule has 0 heterocycles. The first-order valence-corrected chi connectivity index (χ1v) is 8.17. The average molecular weight is 337 g/mol. The summed E-state index contributed by atoms with van der Waals surface area (Å²) in [5.74, 6) is 0.0278. The van der Waals surface area contributed by atoms with Crippen LogP contribution in [0.4, 0.5) is 0 Å². The van der Waals surface area contributed by atoms with E-state index in [1.165, 1.54) is 0 Å². The molecular weight excluding hydrogens is 310 g/mol. The highest BCUT2D eigenvalue weighted by Crippen LogP contribution is 2.16. The molecule has 0 bridgehead atoms. The second-order valence-electron chi connectivity index (χ2n) is 5.57. The first-order valence-electron chi connectivity index (χ1n) is 8.17. The van der Waals surface area contributed by atoms with Gasteiger partial charge >= 0.3 is 0 Å². The summed E-state index contributed by atoms with van der Waals surface area (Å²) in [6.07, 6.45) is 3.83. The minimum atomic E-state index is -0.461. The number of hydroxylamine groups is 2. The van der Waals surface area contributed by atoms with Gasteiger partial charge in [-0.3, -0.25) is 20.2 Å². The van der Waals surface area contributed by atoms with Gasteiger partial charge in [0.2, 0.25) is 12.3 Å². The number of ether oxygens (including phenoxy) is 1. The van der Waals surface area contributed by atoms with Crippen LogP contribution >= 0.6 is 0 Å². The van der Waals surface area contributed by atoms with E-state index in [0.29, 0.717) is 24.4 Å². The fourth-order valence-corrected chi connectivity index (χ4v) is 2.39. The normalized spacial score (nSPS) is 11.6. The fourth-order valence-electron chi connectivity index (χ4n) is 2.39. The molecule has 134 valence electrons. The van der Waals surface area contributed by atoms with Crippen molar-refractivity contribution in [3.05, 3.63) is 29.8 Å². The van der Waals surface area contributed by atoms with Crippen molar-refractivity contribution in [1.29, 1.82) is 0 Å². The summed E-state index contributed by atoms with van der Waals surface area (Å²) >= 11 is 0. The molecular formula is C17H27N3O4. The Morgan fingerprint density at radius 3 is 2.79 bits per heavy atom. The van der Waals surface area contributed by atoms with Crippen LogP contribution in [0.1, 0.15) is 38.2 Å². The van der Waals surface area contributed by atoms with Gasteiger partial charge in [0.05, 0.1) is 19.6 Å². The number of carbonyl (C=O) groups is 2. The molecule has 0 saturated heterocycles. The van der Waals surface area contributed by atoms with Crippen LogP contribution in [-0.4, -0.2) is 36.2 Å². The van der Waals surface area contributed by atoms with E-state index in [4.69, 9.17) is 4.74 Å². The van der Waals surface area contributed by atoms with E-state index >= 15 is 0 Å². The predicted molar refractivity (Wildman–Crippen MR) is 90.2 cm³/mol. The molecule has 0 saturated carbocycles. The Labute approximate surface area is 142 Å². The van der Waals surface area contributed by atoms with Crippen molar-refractivity contribution >= 4 is 12.3 Å². The number of methoxy groups -OCH3 is 1. The molecule has 7 nitrogen and oxygen atoms in total. The molecule has 0 unspecified atom stereocenters. The van der Waals surface area contributed by atoms with Crippen LogP contribution in [0, 0.1) is 5.92 Å². The van der Waals surface area contributed by atoms with Gasteiger partial charge < -0.3 is 4.74 Å². The SMILES string of the molecule is CCCCC[C@@H](CN(O)C=O)C(=O)NNCc1ccccc1OC. The molecule has 3 N–H and O–H groups in total. The summed E-state index contributed by atoms with van der Waals surface area (Å²) in [7, 11) is 1.59. The Bertz CT molecular complexity index is 510. The fraction of sp³-hybridized carbons (Fsp3) is 0.529. The van der Waals surface area contributed by atoms with E-state index in [-0.39, 0.29) is 12.5 Å². The van der Waals surface area contributed by atoms with Gasteiger partial charge in [-0.2, -0.15) is 0 Å². The quantitative estimate of drug-likeness (QED) is 0.234. The zero-order valence-corrected chi connectivity index (χ0v) is 14.3. The van der Waals surface area contributed by atoms with Gasteiger partial charge in [0.15, 0.2) is 0 Å². The van der Waals surface area contributed by atoms with E-state index in [0.717, 1.165) is 30.6 Å². The second-order valence-corrected chi connectivity index (χ2v) is 5.57. The maximum absolute atomic E-state index is 12.3. The summed E-state index contributed by atoms with van der Waals surface area (Å²) in [5.41, 5.74) is 6.43. The van der Waals surface area contributed by atoms with Crippen molar-refractivity contribution in [2.24, 2.45) is 5.92 Å². The number of para-hydroxylation sites is 1. The molecule has 0 aliphatic rings. The highest BCUT2D eigenvalue weighted by molar-refractivity contribution is 5.78. The van der Waals surface area contributed by atoms with Crippen molar-refractivity contribution in [3.8, 4) is 5.75 Å². The summed E-state index contributed by atoms with van der Waals surface area (Å²) in [6.45, 7) is 2.47. The molecule has 0 spiro atoms. The van der Waals surface area contributed by atoms with Crippen molar-refractivity contribution in [3.63, 3.8) is 0 Å². The summed E-state index contributed by atoms with van der Waals surface area (Å²) in [5, 5.41) is 9.86. The molecule has 1 atom stereocenters. The molecule has 0 radical (unpaired) electrons. The van der Waals surface area contributed by atoms with Crippen molar-refractivity contribution < 1.29 is 19.5 Å². The molecule has 7 heteroatoms. The number of nitrogens with one attached hydrogen (secondary N) is 2. The van der Waals surface area contributed by atoms with Crippen LogP contribution in [0.5, 0.6) is 5.75 Å². The second kappa shape index (κ2) is 11.4. The molecule has 1 aromatic carbocycles. The van der Waals surface area contributed by atoms with Crippen LogP contribution in [0.15, 0.2) is 24.3 Å². The third-order valence-corrected chi connectivity index (χ3v) is 3.74. The van der Waals surface area contributed by atoms with Gasteiger partial charge in [0.1, 0.15) is 5.75 Å². The molecule has 0 fully saturated rings. The van der Waals surface area contributed by atoms with Gasteiger partial charge in [0, 0.05) is 12.1 Å². The number of amides is 2. The highest BCUT2D eigenvalue weighted by Gasteiger charge is 2.20. The maximum atomic E-state index is 12.3. The van der Waals surface area contributed by atoms with Crippen molar-refractivity contribution in [2.45, 2.75) is 39.2 Å². The van der Waals surface area contributed by atoms with Gasteiger partial charge in [-0.25, -0.2) is 10.5 Å². The number of nitrogens with zero attached hydrogens (tertiary/aromatic N) is 1. The Hall–Kier alpha value is -2.12. The highest BCUT2D eigenvalue weighted by atomic mass is 16.5. The third kappa shape index (κ3) is 6.97. The zero-order chi connectivity index (χ0) is 17.8. The van der Waals surface area contributed by atoms with E-state index in [9.17, 15) is 14.8 Å². The third-order valence-electron chi connectivity index (χ3n) is 3.74. The number of rotatable bonds is 12. The number of benzene rings is 1. The average Bonchev–Trinajstić information content (AvgIpc) is 2.61. The monoisotopic (exact) mass is 337 g/mol. The van der Waals surface area contributed by atoms with E-state index in [1.54, 1.807) is 7.11 Å². The Kier molecular flexibility index (Phi) is 9.48. The minimum absolute atomic E-state index is 0.0185. The Morgan fingerprint density at radius 1 is 1.38 bits per heavy atom. The summed E-state index contributed by atoms with van der Waals surface area (Å²) < 4.78 is 5.25. The predicted octanol–water partition coefficient (Wildman–Crippen LogP) is 1.86. The first kappa shape index (κ1) is 19.9.